The van der Waals surface area contributed by atoms with Crippen LogP contribution in [0.5, 0.6) is 0 Å². The van der Waals surface area contributed by atoms with E-state index >= 15 is 0 Å². The van der Waals surface area contributed by atoms with Crippen molar-refractivity contribution in [2.75, 3.05) is 7.11 Å². The molecule has 2 rings (SSSR count). The molecule has 1 atom stereocenters. The van der Waals surface area contributed by atoms with Crippen molar-refractivity contribution in [1.82, 2.24) is 10.3 Å². The molecule has 0 aliphatic heterocycles. The molecule has 1 N–H and O–H groups in total. The number of aromatic nitrogens is 1. The van der Waals surface area contributed by atoms with Crippen LogP contribution in [0, 0.1) is 5.92 Å². The van der Waals surface area contributed by atoms with E-state index in [0.29, 0.717) is 16.8 Å². The molecule has 0 radical (unpaired) electrons. The molecule has 0 spiro atoms. The number of benzene rings is 1. The van der Waals surface area contributed by atoms with Crippen LogP contribution in [0.15, 0.2) is 48.7 Å². The minimum atomic E-state index is -0.741. The van der Waals surface area contributed by atoms with E-state index in [4.69, 9.17) is 4.74 Å². The van der Waals surface area contributed by atoms with Crippen LogP contribution in [0.2, 0.25) is 0 Å². The maximum Gasteiger partial charge on any atom is 0.328 e. The van der Waals surface area contributed by atoms with Crippen molar-refractivity contribution in [3.05, 3.63) is 65.5 Å². The molecule has 136 valence electrons. The van der Waals surface area contributed by atoms with Crippen molar-refractivity contribution in [2.45, 2.75) is 26.3 Å². The van der Waals surface area contributed by atoms with Gasteiger partial charge in [-0.25, -0.2) is 4.79 Å². The Morgan fingerprint density at radius 2 is 1.77 bits per heavy atom. The molecular formula is C20H22N2O4. The molecule has 6 heteroatoms. The van der Waals surface area contributed by atoms with Gasteiger partial charge in [0.25, 0.3) is 5.91 Å². The fourth-order valence-corrected chi connectivity index (χ4v) is 2.46. The number of pyridine rings is 1. The number of ketones is 1. The Morgan fingerprint density at radius 1 is 1.08 bits per heavy atom. The van der Waals surface area contributed by atoms with Crippen molar-refractivity contribution in [3.8, 4) is 0 Å². The average molecular weight is 354 g/mol. The number of amides is 1. The lowest BCUT2D eigenvalue weighted by atomic mass is 10.0. The monoisotopic (exact) mass is 354 g/mol. The lowest BCUT2D eigenvalue weighted by Crippen LogP contribution is -2.45. The molecule has 1 aromatic heterocycles. The lowest BCUT2D eigenvalue weighted by Gasteiger charge is -2.19. The largest absolute Gasteiger partial charge is 0.467 e. The van der Waals surface area contributed by atoms with Crippen molar-refractivity contribution in [1.29, 1.82) is 0 Å². The van der Waals surface area contributed by atoms with Gasteiger partial charge in [-0.2, -0.15) is 0 Å². The maximum absolute atomic E-state index is 12.5. The summed E-state index contributed by atoms with van der Waals surface area (Å²) >= 11 is 0. The summed E-state index contributed by atoms with van der Waals surface area (Å²) in [6.45, 7) is 3.64. The highest BCUT2D eigenvalue weighted by Crippen LogP contribution is 2.10. The number of carbonyl (C=O) groups is 3. The number of Topliss-reactive ketones (excluding diaryl/α,β-unsaturated/α-hetero) is 1. The summed E-state index contributed by atoms with van der Waals surface area (Å²) in [5.41, 5.74) is 1.42. The first-order valence-electron chi connectivity index (χ1n) is 8.34. The Kier molecular flexibility index (Phi) is 6.60. The molecule has 1 aromatic carbocycles. The van der Waals surface area contributed by atoms with E-state index in [9.17, 15) is 14.4 Å². The zero-order valence-corrected chi connectivity index (χ0v) is 15.1. The van der Waals surface area contributed by atoms with Gasteiger partial charge in [-0.1, -0.05) is 44.2 Å². The Hall–Kier alpha value is -3.02. The van der Waals surface area contributed by atoms with Gasteiger partial charge in [0, 0.05) is 23.0 Å². The minimum Gasteiger partial charge on any atom is -0.467 e. The quantitative estimate of drug-likeness (QED) is 0.610. The number of methoxy groups -OCH3 is 1. The fraction of sp³-hybridized carbons (Fsp3) is 0.300. The second-order valence-electron chi connectivity index (χ2n) is 6.22. The third kappa shape index (κ3) is 4.99. The van der Waals surface area contributed by atoms with E-state index in [2.05, 4.69) is 10.3 Å². The predicted molar refractivity (Wildman–Crippen MR) is 96.8 cm³/mol. The number of hydrogen-bond donors (Lipinski definition) is 1. The van der Waals surface area contributed by atoms with Crippen LogP contribution >= 0.6 is 0 Å². The first kappa shape index (κ1) is 19.3. The minimum absolute atomic E-state index is 0.0784. The molecule has 1 heterocycles. The fourth-order valence-electron chi connectivity index (χ4n) is 2.46. The van der Waals surface area contributed by atoms with Crippen molar-refractivity contribution < 1.29 is 19.1 Å². The van der Waals surface area contributed by atoms with Gasteiger partial charge in [0.05, 0.1) is 13.5 Å². The Labute approximate surface area is 152 Å². The third-order valence-electron chi connectivity index (χ3n) is 3.92. The summed E-state index contributed by atoms with van der Waals surface area (Å²) in [6, 6.07) is 11.3. The highest BCUT2D eigenvalue weighted by atomic mass is 16.5. The lowest BCUT2D eigenvalue weighted by molar-refractivity contribution is -0.144. The number of rotatable bonds is 7. The molecule has 0 bridgehead atoms. The van der Waals surface area contributed by atoms with Crippen LogP contribution in [-0.2, 0) is 16.0 Å². The predicted octanol–water partition coefficient (Wildman–Crippen LogP) is 2.43. The summed E-state index contributed by atoms with van der Waals surface area (Å²) in [5.74, 6) is -1.11. The molecule has 2 aromatic rings. The zero-order chi connectivity index (χ0) is 19.1. The standard InChI is InChI=1S/C20H22N2O4/c1-13(2)18(20(25)26-3)22-19(24)15-9-10-21-16(11-15)12-17(23)14-7-5-4-6-8-14/h4-11,13,18H,12H2,1-3H3,(H,22,24)/t18-/m1/s1. The Bertz CT molecular complexity index is 787. The van der Waals surface area contributed by atoms with Gasteiger partial charge in [-0.05, 0) is 18.1 Å². The molecule has 0 saturated heterocycles. The van der Waals surface area contributed by atoms with E-state index in [0.717, 1.165) is 0 Å². The number of nitrogens with one attached hydrogen (secondary N) is 1. The second kappa shape index (κ2) is 8.89. The summed E-state index contributed by atoms with van der Waals surface area (Å²) in [6.07, 6.45) is 1.57. The van der Waals surface area contributed by atoms with Crippen molar-refractivity contribution in [3.63, 3.8) is 0 Å². The Balaban J connectivity index is 2.11. The van der Waals surface area contributed by atoms with Gasteiger partial charge in [0.2, 0.25) is 0 Å². The molecule has 0 saturated carbocycles. The van der Waals surface area contributed by atoms with E-state index in [1.807, 2.05) is 19.9 Å². The molecule has 0 aliphatic carbocycles. The molecule has 26 heavy (non-hydrogen) atoms. The van der Waals surface area contributed by atoms with E-state index in [1.54, 1.807) is 36.4 Å². The van der Waals surface area contributed by atoms with E-state index < -0.39 is 17.9 Å². The maximum atomic E-state index is 12.5. The van der Waals surface area contributed by atoms with Gasteiger partial charge in [0.1, 0.15) is 6.04 Å². The van der Waals surface area contributed by atoms with Crippen LogP contribution in [-0.4, -0.2) is 35.8 Å². The number of hydrogen-bond acceptors (Lipinski definition) is 5. The van der Waals surface area contributed by atoms with Crippen LogP contribution in [0.25, 0.3) is 0 Å². The Morgan fingerprint density at radius 3 is 2.38 bits per heavy atom. The first-order valence-corrected chi connectivity index (χ1v) is 8.34. The zero-order valence-electron chi connectivity index (χ0n) is 15.1. The highest BCUT2D eigenvalue weighted by Gasteiger charge is 2.25. The SMILES string of the molecule is COC(=O)[C@H](NC(=O)c1ccnc(CC(=O)c2ccccc2)c1)C(C)C. The molecule has 0 fully saturated rings. The van der Waals surface area contributed by atoms with Crippen LogP contribution in [0.4, 0.5) is 0 Å². The van der Waals surface area contributed by atoms with Crippen LogP contribution < -0.4 is 5.32 Å². The normalized spacial score (nSPS) is 11.7. The number of nitrogens with zero attached hydrogens (tertiary/aromatic N) is 1. The van der Waals surface area contributed by atoms with Crippen molar-refractivity contribution >= 4 is 17.7 Å². The van der Waals surface area contributed by atoms with Crippen LogP contribution in [0.1, 0.15) is 40.3 Å². The van der Waals surface area contributed by atoms with E-state index in [-0.39, 0.29) is 18.1 Å². The number of carbonyl (C=O) groups excluding carboxylic acids is 3. The van der Waals surface area contributed by atoms with Gasteiger partial charge in [0.15, 0.2) is 5.78 Å². The number of esters is 1. The molecule has 6 nitrogen and oxygen atoms in total. The summed E-state index contributed by atoms with van der Waals surface area (Å²) in [4.78, 5) is 40.7. The van der Waals surface area contributed by atoms with Gasteiger partial charge in [-0.15, -0.1) is 0 Å². The summed E-state index contributed by atoms with van der Waals surface area (Å²) in [7, 11) is 1.28. The second-order valence-corrected chi connectivity index (χ2v) is 6.22. The topological polar surface area (TPSA) is 85.4 Å². The van der Waals surface area contributed by atoms with Gasteiger partial charge < -0.3 is 10.1 Å². The average Bonchev–Trinajstić information content (AvgIpc) is 2.66. The summed E-state index contributed by atoms with van der Waals surface area (Å²) < 4.78 is 4.73. The number of ether oxygens (including phenoxy) is 1. The molecular weight excluding hydrogens is 332 g/mol. The van der Waals surface area contributed by atoms with Gasteiger partial charge in [-0.3, -0.25) is 14.6 Å². The molecule has 0 aliphatic rings. The molecule has 1 amide bonds. The first-order chi connectivity index (χ1) is 12.4. The van der Waals surface area contributed by atoms with Crippen LogP contribution in [0.3, 0.4) is 0 Å². The highest BCUT2D eigenvalue weighted by molar-refractivity contribution is 5.99. The smallest absolute Gasteiger partial charge is 0.328 e. The molecule has 0 unspecified atom stereocenters. The van der Waals surface area contributed by atoms with Gasteiger partial charge >= 0.3 is 5.97 Å². The summed E-state index contributed by atoms with van der Waals surface area (Å²) in [5, 5.41) is 2.67. The van der Waals surface area contributed by atoms with E-state index in [1.165, 1.54) is 13.3 Å². The van der Waals surface area contributed by atoms with Crippen molar-refractivity contribution in [2.24, 2.45) is 5.92 Å². The third-order valence-corrected chi connectivity index (χ3v) is 3.92.